The van der Waals surface area contributed by atoms with E-state index in [0.29, 0.717) is 33.3 Å². The third-order valence-corrected chi connectivity index (χ3v) is 4.80. The Morgan fingerprint density at radius 3 is 2.33 bits per heavy atom. The number of hydrogen-bond acceptors (Lipinski definition) is 3. The van der Waals surface area contributed by atoms with E-state index in [2.05, 4.69) is 4.98 Å². The molecule has 5 aromatic rings. The summed E-state index contributed by atoms with van der Waals surface area (Å²) in [6, 6.07) is 22.0. The summed E-state index contributed by atoms with van der Waals surface area (Å²) in [6.45, 7) is 1.97. The summed E-state index contributed by atoms with van der Waals surface area (Å²) in [5.74, 6) is 0.313. The lowest BCUT2D eigenvalue weighted by Crippen LogP contribution is -2.28. The fraction of sp³-hybridized carbons (Fsp3) is 0.0455. The van der Waals surface area contributed by atoms with Crippen LogP contribution in [-0.4, -0.2) is 14.0 Å². The monoisotopic (exact) mass is 353 g/mol. The van der Waals surface area contributed by atoms with Crippen molar-refractivity contribution in [3.63, 3.8) is 0 Å². The quantitative estimate of drug-likeness (QED) is 0.343. The highest BCUT2D eigenvalue weighted by atomic mass is 16.1. The Labute approximate surface area is 153 Å². The number of benzene rings is 3. The van der Waals surface area contributed by atoms with Crippen LogP contribution in [0.2, 0.25) is 0 Å². The average molecular weight is 353 g/mol. The van der Waals surface area contributed by atoms with Crippen LogP contribution >= 0.6 is 0 Å². The van der Waals surface area contributed by atoms with Crippen LogP contribution in [0, 0.1) is 6.92 Å². The topological polar surface area (TPSA) is 56.4 Å². The van der Waals surface area contributed by atoms with Gasteiger partial charge >= 0.3 is 0 Å². The molecule has 2 aromatic heterocycles. The summed E-state index contributed by atoms with van der Waals surface area (Å²) in [5, 5.41) is 1.00. The molecule has 2 heterocycles. The molecule has 0 bridgehead atoms. The van der Waals surface area contributed by atoms with Crippen molar-refractivity contribution >= 4 is 27.6 Å². The van der Waals surface area contributed by atoms with Gasteiger partial charge in [0.15, 0.2) is 0 Å². The summed E-state index contributed by atoms with van der Waals surface area (Å²) in [5.41, 5.74) is 2.45. The van der Waals surface area contributed by atoms with Crippen LogP contribution in [0.5, 0.6) is 0 Å². The molecular formula is C22H15N3O2. The maximum atomic E-state index is 13.3. The zero-order valence-corrected chi connectivity index (χ0v) is 14.6. The Kier molecular flexibility index (Phi) is 3.24. The normalized spacial score (nSPS) is 11.4. The number of rotatable bonds is 1. The summed E-state index contributed by atoms with van der Waals surface area (Å²) in [6.07, 6.45) is 0. The van der Waals surface area contributed by atoms with E-state index in [1.54, 1.807) is 30.3 Å². The molecule has 27 heavy (non-hydrogen) atoms. The first kappa shape index (κ1) is 15.5. The summed E-state index contributed by atoms with van der Waals surface area (Å²) < 4.78 is 3.05. The van der Waals surface area contributed by atoms with Crippen LogP contribution in [-0.2, 0) is 0 Å². The van der Waals surface area contributed by atoms with Gasteiger partial charge in [0, 0.05) is 0 Å². The summed E-state index contributed by atoms with van der Waals surface area (Å²) in [7, 11) is 0. The Bertz CT molecular complexity index is 1480. The Hall–Kier alpha value is -3.73. The lowest BCUT2D eigenvalue weighted by molar-refractivity contribution is 0.941. The molecule has 0 radical (unpaired) electrons. The molecule has 0 amide bonds. The van der Waals surface area contributed by atoms with E-state index in [9.17, 15) is 9.59 Å². The molecule has 0 aliphatic rings. The van der Waals surface area contributed by atoms with Gasteiger partial charge in [0.25, 0.3) is 11.1 Å². The molecule has 0 unspecified atom stereocenters. The lowest BCUT2D eigenvalue weighted by atomic mass is 10.2. The van der Waals surface area contributed by atoms with Gasteiger partial charge in [-0.1, -0.05) is 36.4 Å². The standard InChI is InChI=1S/C22H15N3O2/c1-14-7-6-8-15(13-14)24-21(27)17-10-3-5-12-19(17)25-20(26)16-9-2-4-11-18(16)23-22(24)25/h2-13H,1H3. The van der Waals surface area contributed by atoms with E-state index in [4.69, 9.17) is 0 Å². The third-order valence-electron chi connectivity index (χ3n) is 4.80. The average Bonchev–Trinajstić information content (AvgIpc) is 2.68. The predicted molar refractivity (Wildman–Crippen MR) is 107 cm³/mol. The highest BCUT2D eigenvalue weighted by molar-refractivity contribution is 5.85. The van der Waals surface area contributed by atoms with Gasteiger partial charge in [-0.2, -0.15) is 0 Å². The van der Waals surface area contributed by atoms with Crippen molar-refractivity contribution in [1.29, 1.82) is 0 Å². The van der Waals surface area contributed by atoms with Gasteiger partial charge in [-0.3, -0.25) is 9.59 Å². The molecule has 0 saturated heterocycles. The van der Waals surface area contributed by atoms with Gasteiger partial charge in [0.2, 0.25) is 5.78 Å². The Balaban J connectivity index is 2.13. The van der Waals surface area contributed by atoms with Crippen LogP contribution in [0.4, 0.5) is 0 Å². The lowest BCUT2D eigenvalue weighted by Gasteiger charge is -2.14. The van der Waals surface area contributed by atoms with Crippen LogP contribution in [0.1, 0.15) is 5.56 Å². The summed E-state index contributed by atoms with van der Waals surface area (Å²) in [4.78, 5) is 31.3. The number of hydrogen-bond donors (Lipinski definition) is 0. The molecule has 5 heteroatoms. The highest BCUT2D eigenvalue weighted by Crippen LogP contribution is 2.18. The highest BCUT2D eigenvalue weighted by Gasteiger charge is 2.16. The molecule has 0 aliphatic heterocycles. The third kappa shape index (κ3) is 2.22. The van der Waals surface area contributed by atoms with Crippen molar-refractivity contribution in [3.05, 3.63) is 99.1 Å². The predicted octanol–water partition coefficient (Wildman–Crippen LogP) is 3.46. The first-order valence-electron chi connectivity index (χ1n) is 8.67. The summed E-state index contributed by atoms with van der Waals surface area (Å²) >= 11 is 0. The number of aromatic nitrogens is 3. The van der Waals surface area contributed by atoms with E-state index in [1.165, 1.54) is 8.97 Å². The molecule has 130 valence electrons. The van der Waals surface area contributed by atoms with Crippen LogP contribution < -0.4 is 11.1 Å². The van der Waals surface area contributed by atoms with E-state index in [-0.39, 0.29) is 11.1 Å². The van der Waals surface area contributed by atoms with Crippen LogP contribution in [0.25, 0.3) is 33.3 Å². The van der Waals surface area contributed by atoms with Crippen molar-refractivity contribution in [1.82, 2.24) is 14.0 Å². The zero-order valence-electron chi connectivity index (χ0n) is 14.6. The SMILES string of the molecule is Cc1cccc(-n2c(=O)c3ccccc3n3c(=O)c4ccccc4nc23)c1. The Morgan fingerprint density at radius 2 is 1.52 bits per heavy atom. The second-order valence-corrected chi connectivity index (χ2v) is 6.57. The molecular weight excluding hydrogens is 338 g/mol. The number of fused-ring (bicyclic) bond motifs is 4. The fourth-order valence-corrected chi connectivity index (χ4v) is 3.55. The maximum absolute atomic E-state index is 13.3. The van der Waals surface area contributed by atoms with Crippen LogP contribution in [0.3, 0.4) is 0 Å². The molecule has 0 atom stereocenters. The molecule has 0 fully saturated rings. The van der Waals surface area contributed by atoms with Crippen molar-refractivity contribution in [2.75, 3.05) is 0 Å². The second kappa shape index (κ2) is 5.64. The van der Waals surface area contributed by atoms with E-state index in [0.717, 1.165) is 5.56 Å². The molecule has 0 aliphatic carbocycles. The number of para-hydroxylation sites is 2. The fourth-order valence-electron chi connectivity index (χ4n) is 3.55. The van der Waals surface area contributed by atoms with E-state index < -0.39 is 0 Å². The van der Waals surface area contributed by atoms with Crippen molar-refractivity contribution in [3.8, 4) is 5.69 Å². The van der Waals surface area contributed by atoms with Gasteiger partial charge in [0.1, 0.15) is 0 Å². The van der Waals surface area contributed by atoms with Crippen molar-refractivity contribution in [2.24, 2.45) is 0 Å². The molecule has 0 saturated carbocycles. The van der Waals surface area contributed by atoms with Crippen molar-refractivity contribution < 1.29 is 0 Å². The van der Waals surface area contributed by atoms with Crippen LogP contribution in [0.15, 0.2) is 82.4 Å². The Morgan fingerprint density at radius 1 is 0.778 bits per heavy atom. The first-order chi connectivity index (χ1) is 13.1. The molecule has 5 nitrogen and oxygen atoms in total. The minimum absolute atomic E-state index is 0.187. The minimum Gasteiger partial charge on any atom is -0.268 e. The molecule has 0 N–H and O–H groups in total. The van der Waals surface area contributed by atoms with Crippen molar-refractivity contribution in [2.45, 2.75) is 6.92 Å². The smallest absolute Gasteiger partial charge is 0.267 e. The molecule has 0 spiro atoms. The number of aryl methyl sites for hydroxylation is 1. The van der Waals surface area contributed by atoms with Gasteiger partial charge in [-0.05, 0) is 48.9 Å². The van der Waals surface area contributed by atoms with Gasteiger partial charge in [-0.15, -0.1) is 0 Å². The van der Waals surface area contributed by atoms with Gasteiger partial charge < -0.3 is 0 Å². The molecule has 3 aromatic carbocycles. The zero-order chi connectivity index (χ0) is 18.5. The first-order valence-corrected chi connectivity index (χ1v) is 8.67. The largest absolute Gasteiger partial charge is 0.268 e. The van der Waals surface area contributed by atoms with E-state index >= 15 is 0 Å². The van der Waals surface area contributed by atoms with Gasteiger partial charge in [-0.25, -0.2) is 14.0 Å². The maximum Gasteiger partial charge on any atom is 0.267 e. The number of nitrogens with zero attached hydrogens (tertiary/aromatic N) is 3. The second-order valence-electron chi connectivity index (χ2n) is 6.57. The van der Waals surface area contributed by atoms with E-state index in [1.807, 2.05) is 49.4 Å². The molecule has 5 rings (SSSR count). The van der Waals surface area contributed by atoms with Gasteiger partial charge in [0.05, 0.1) is 27.5 Å². The minimum atomic E-state index is -0.196.